The molecule has 2 saturated heterocycles. The largest absolute Gasteiger partial charge is 0.598 e. The van der Waals surface area contributed by atoms with Gasteiger partial charge in [-0.1, -0.05) is 0 Å². The molecule has 2 atom stereocenters. The second-order valence-electron chi connectivity index (χ2n) is 6.84. The molecule has 1 spiro atoms. The fourth-order valence-electron chi connectivity index (χ4n) is 2.86. The third-order valence-corrected chi connectivity index (χ3v) is 6.12. The van der Waals surface area contributed by atoms with Crippen molar-refractivity contribution < 1.29 is 9.29 Å². The molecule has 2 aliphatic rings. The van der Waals surface area contributed by atoms with Gasteiger partial charge in [-0.15, -0.1) is 4.72 Å². The molecule has 2 heterocycles. The lowest BCUT2D eigenvalue weighted by molar-refractivity contribution is 0.108. The van der Waals surface area contributed by atoms with Crippen molar-refractivity contribution in [2.75, 3.05) is 26.3 Å². The summed E-state index contributed by atoms with van der Waals surface area (Å²) in [6.07, 6.45) is 2.19. The molecule has 0 amide bonds. The van der Waals surface area contributed by atoms with Crippen LogP contribution in [0.15, 0.2) is 0 Å². The van der Waals surface area contributed by atoms with Gasteiger partial charge in [-0.3, -0.25) is 0 Å². The van der Waals surface area contributed by atoms with Crippen LogP contribution >= 0.6 is 0 Å². The van der Waals surface area contributed by atoms with Gasteiger partial charge in [0.05, 0.1) is 18.8 Å². The minimum absolute atomic E-state index is 0.138. The molecular formula is C13H26N2O2S. The lowest BCUT2D eigenvalue weighted by Gasteiger charge is -2.45. The molecule has 2 N–H and O–H groups in total. The molecule has 106 valence electrons. The van der Waals surface area contributed by atoms with Crippen molar-refractivity contribution in [2.24, 2.45) is 5.41 Å². The monoisotopic (exact) mass is 274 g/mol. The molecule has 0 radical (unpaired) electrons. The third kappa shape index (κ3) is 2.56. The molecule has 2 rings (SSSR count). The van der Waals surface area contributed by atoms with Gasteiger partial charge in [0, 0.05) is 16.8 Å². The Bertz CT molecular complexity index is 300. The first kappa shape index (κ1) is 14.6. The molecule has 2 aliphatic heterocycles. The van der Waals surface area contributed by atoms with E-state index in [-0.39, 0.29) is 15.7 Å². The first-order valence-electron chi connectivity index (χ1n) is 6.77. The number of rotatable bonds is 2. The van der Waals surface area contributed by atoms with Crippen LogP contribution in [0, 0.1) is 5.41 Å². The zero-order valence-electron chi connectivity index (χ0n) is 12.0. The Balaban J connectivity index is 2.13. The Morgan fingerprint density at radius 1 is 1.22 bits per heavy atom. The van der Waals surface area contributed by atoms with Crippen LogP contribution in [-0.4, -0.2) is 41.1 Å². The van der Waals surface area contributed by atoms with Crippen molar-refractivity contribution in [3.8, 4) is 0 Å². The number of nitrogens with one attached hydrogen (secondary N) is 2. The Kier molecular flexibility index (Phi) is 4.01. The summed E-state index contributed by atoms with van der Waals surface area (Å²) in [5.74, 6) is 0. The molecular weight excluding hydrogens is 248 g/mol. The van der Waals surface area contributed by atoms with Crippen molar-refractivity contribution in [3.63, 3.8) is 0 Å². The molecule has 5 heteroatoms. The lowest BCUT2D eigenvalue weighted by atomic mass is 9.67. The summed E-state index contributed by atoms with van der Waals surface area (Å²) in [6, 6.07) is 0. The van der Waals surface area contributed by atoms with Crippen molar-refractivity contribution in [2.45, 2.75) is 50.8 Å². The second kappa shape index (κ2) is 4.94. The van der Waals surface area contributed by atoms with Crippen molar-refractivity contribution >= 4 is 11.4 Å². The van der Waals surface area contributed by atoms with Gasteiger partial charge in [-0.25, -0.2) is 0 Å². The van der Waals surface area contributed by atoms with Gasteiger partial charge in [0.15, 0.2) is 0 Å². The Labute approximate surface area is 114 Å². The van der Waals surface area contributed by atoms with E-state index in [9.17, 15) is 4.55 Å². The summed E-state index contributed by atoms with van der Waals surface area (Å²) in [5.41, 5.74) is -0.0353. The summed E-state index contributed by atoms with van der Waals surface area (Å²) in [4.78, 5) is 0. The van der Waals surface area contributed by atoms with Crippen molar-refractivity contribution in [1.82, 2.24) is 10.0 Å². The van der Waals surface area contributed by atoms with Gasteiger partial charge in [0.1, 0.15) is 4.75 Å². The standard InChI is InChI=1S/C13H26N2O2S/c1-11(2,3)18(16)15-12(4)9-17-10-13(12)5-7-14-8-6-13/h14-15H,5-10H2,1-4H3/t12-,18+/m0/s1. The predicted octanol–water partition coefficient (Wildman–Crippen LogP) is 1.20. The van der Waals surface area contributed by atoms with Crippen LogP contribution in [0.1, 0.15) is 40.5 Å². The summed E-state index contributed by atoms with van der Waals surface area (Å²) in [7, 11) is 0. The van der Waals surface area contributed by atoms with Crippen LogP contribution in [-0.2, 0) is 16.1 Å². The summed E-state index contributed by atoms with van der Waals surface area (Å²) in [5, 5.41) is 3.40. The average Bonchev–Trinajstić information content (AvgIpc) is 2.56. The van der Waals surface area contributed by atoms with Gasteiger partial charge in [0.25, 0.3) is 0 Å². The van der Waals surface area contributed by atoms with Crippen LogP contribution in [0.2, 0.25) is 0 Å². The quantitative estimate of drug-likeness (QED) is 0.743. The topological polar surface area (TPSA) is 56.3 Å². The molecule has 4 nitrogen and oxygen atoms in total. The number of ether oxygens (including phenoxy) is 1. The Morgan fingerprint density at radius 3 is 2.39 bits per heavy atom. The van der Waals surface area contributed by atoms with E-state index in [0.29, 0.717) is 6.61 Å². The summed E-state index contributed by atoms with van der Waals surface area (Å²) in [6.45, 7) is 11.7. The molecule has 0 unspecified atom stereocenters. The molecule has 0 aromatic rings. The van der Waals surface area contributed by atoms with Crippen molar-refractivity contribution in [1.29, 1.82) is 0 Å². The normalized spacial score (nSPS) is 33.8. The van der Waals surface area contributed by atoms with Gasteiger partial charge in [0.2, 0.25) is 0 Å². The first-order chi connectivity index (χ1) is 8.29. The summed E-state index contributed by atoms with van der Waals surface area (Å²) >= 11 is -1.04. The van der Waals surface area contributed by atoms with E-state index in [1.54, 1.807) is 0 Å². The average molecular weight is 274 g/mol. The highest BCUT2D eigenvalue weighted by Crippen LogP contribution is 2.45. The zero-order valence-corrected chi connectivity index (χ0v) is 12.8. The Hall–Kier alpha value is 0.190. The first-order valence-corrected chi connectivity index (χ1v) is 7.92. The second-order valence-corrected chi connectivity index (χ2v) is 8.80. The van der Waals surface area contributed by atoms with Crippen LogP contribution < -0.4 is 10.0 Å². The maximum atomic E-state index is 12.4. The van der Waals surface area contributed by atoms with E-state index in [1.165, 1.54) is 0 Å². The fraction of sp³-hybridized carbons (Fsp3) is 1.00. The molecule has 0 bridgehead atoms. The predicted molar refractivity (Wildman–Crippen MR) is 74.8 cm³/mol. The van der Waals surface area contributed by atoms with Crippen LogP contribution in [0.5, 0.6) is 0 Å². The highest BCUT2D eigenvalue weighted by molar-refractivity contribution is 7.90. The number of hydrogen-bond donors (Lipinski definition) is 2. The summed E-state index contributed by atoms with van der Waals surface area (Å²) < 4.78 is 21.3. The van der Waals surface area contributed by atoms with Gasteiger partial charge < -0.3 is 14.6 Å². The van der Waals surface area contributed by atoms with Crippen LogP contribution in [0.25, 0.3) is 0 Å². The molecule has 2 fully saturated rings. The fourth-order valence-corrected chi connectivity index (χ4v) is 3.85. The molecule has 18 heavy (non-hydrogen) atoms. The molecule has 0 aliphatic carbocycles. The van der Waals surface area contributed by atoms with Crippen molar-refractivity contribution in [3.05, 3.63) is 0 Å². The number of hydrogen-bond acceptors (Lipinski definition) is 4. The van der Waals surface area contributed by atoms with E-state index in [4.69, 9.17) is 4.74 Å². The third-order valence-electron chi connectivity index (χ3n) is 4.37. The van der Waals surface area contributed by atoms with Gasteiger partial charge in [-0.05, 0) is 53.6 Å². The minimum Gasteiger partial charge on any atom is -0.598 e. The Morgan fingerprint density at radius 2 is 1.83 bits per heavy atom. The van der Waals surface area contributed by atoms with Crippen LogP contribution in [0.4, 0.5) is 0 Å². The van der Waals surface area contributed by atoms with E-state index in [1.807, 2.05) is 20.8 Å². The maximum absolute atomic E-state index is 12.4. The zero-order chi connectivity index (χ0) is 13.4. The van der Waals surface area contributed by atoms with E-state index in [0.717, 1.165) is 32.5 Å². The van der Waals surface area contributed by atoms with E-state index in [2.05, 4.69) is 17.0 Å². The smallest absolute Gasteiger partial charge is 0.136 e. The molecule has 0 saturated carbocycles. The highest BCUT2D eigenvalue weighted by Gasteiger charge is 2.56. The number of piperidine rings is 1. The highest BCUT2D eigenvalue weighted by atomic mass is 32.2. The molecule has 0 aromatic carbocycles. The lowest BCUT2D eigenvalue weighted by Crippen LogP contribution is -2.62. The van der Waals surface area contributed by atoms with E-state index >= 15 is 0 Å². The maximum Gasteiger partial charge on any atom is 0.136 e. The SMILES string of the molecule is CC(C)(C)[S@@+]([O-])N[C@@]1(C)COCC12CCNCC2. The van der Waals surface area contributed by atoms with E-state index < -0.39 is 11.4 Å². The van der Waals surface area contributed by atoms with Crippen LogP contribution in [0.3, 0.4) is 0 Å². The molecule has 0 aromatic heterocycles. The minimum atomic E-state index is -1.04. The van der Waals surface area contributed by atoms with Gasteiger partial charge >= 0.3 is 0 Å². The van der Waals surface area contributed by atoms with Gasteiger partial charge in [-0.2, -0.15) is 0 Å².